The third-order valence-electron chi connectivity index (χ3n) is 10.5. The quantitative estimate of drug-likeness (QED) is 0.183. The molecular formula is C47H44N4O. The smallest absolute Gasteiger partial charge is 0.163 e. The first kappa shape index (κ1) is 33.3. The Morgan fingerprint density at radius 3 is 1.63 bits per heavy atom. The van der Waals surface area contributed by atoms with Crippen molar-refractivity contribution < 1.29 is 4.74 Å². The first-order valence-electron chi connectivity index (χ1n) is 18.0. The lowest BCUT2D eigenvalue weighted by molar-refractivity contribution is 0.409. The van der Waals surface area contributed by atoms with E-state index in [2.05, 4.69) is 148 Å². The first-order chi connectivity index (χ1) is 25.0. The molecule has 8 bridgehead atoms. The van der Waals surface area contributed by atoms with Gasteiger partial charge in [-0.25, -0.2) is 0 Å². The van der Waals surface area contributed by atoms with E-state index in [0.717, 1.165) is 96.8 Å². The van der Waals surface area contributed by atoms with Gasteiger partial charge in [-0.3, -0.25) is 9.97 Å². The van der Waals surface area contributed by atoms with Crippen LogP contribution in [0.15, 0.2) is 103 Å². The van der Waals surface area contributed by atoms with Crippen LogP contribution in [0.4, 0.5) is 0 Å². The summed E-state index contributed by atoms with van der Waals surface area (Å²) in [5, 5.41) is 0. The second kappa shape index (κ2) is 12.7. The fourth-order valence-corrected chi connectivity index (χ4v) is 7.40. The molecule has 5 nitrogen and oxygen atoms in total. The lowest BCUT2D eigenvalue weighted by Gasteiger charge is -2.16. The number of fused-ring (bicyclic) bond motifs is 8. The van der Waals surface area contributed by atoms with Gasteiger partial charge in [0.05, 0.1) is 35.1 Å². The van der Waals surface area contributed by atoms with Gasteiger partial charge in [-0.1, -0.05) is 117 Å². The molecule has 0 amide bonds. The van der Waals surface area contributed by atoms with E-state index in [9.17, 15) is 0 Å². The van der Waals surface area contributed by atoms with E-state index in [1.54, 1.807) is 7.11 Å². The van der Waals surface area contributed by atoms with Crippen molar-refractivity contribution in [1.82, 2.24) is 19.9 Å². The van der Waals surface area contributed by atoms with Crippen LogP contribution in [0.1, 0.15) is 72.7 Å². The Labute approximate surface area is 306 Å². The maximum Gasteiger partial charge on any atom is 0.163 e. The van der Waals surface area contributed by atoms with Gasteiger partial charge in [-0.2, -0.15) is 0 Å². The maximum atomic E-state index is 6.19. The van der Waals surface area contributed by atoms with Gasteiger partial charge in [0.15, 0.2) is 5.75 Å². The summed E-state index contributed by atoms with van der Waals surface area (Å²) in [5.41, 5.74) is 16.0. The first-order valence-corrected chi connectivity index (χ1v) is 18.0. The number of aromatic amines is 2. The molecule has 0 saturated carbocycles. The van der Waals surface area contributed by atoms with Crippen molar-refractivity contribution in [3.05, 3.63) is 148 Å². The van der Waals surface area contributed by atoms with Crippen LogP contribution in [0.2, 0.25) is 0 Å². The number of nitrogens with zero attached hydrogens (tertiary/aromatic N) is 2. The number of aryl methyl sites for hydroxylation is 2. The average Bonchev–Trinajstić information content (AvgIpc) is 3.87. The highest BCUT2D eigenvalue weighted by Gasteiger charge is 2.33. The highest BCUT2D eigenvalue weighted by molar-refractivity contribution is 5.89. The molecule has 3 aromatic heterocycles. The summed E-state index contributed by atoms with van der Waals surface area (Å²) in [6.45, 7) is 13.3. The van der Waals surface area contributed by atoms with Gasteiger partial charge >= 0.3 is 0 Å². The monoisotopic (exact) mass is 680 g/mol. The number of nitrogens with one attached hydrogen (secondary N) is 2. The van der Waals surface area contributed by atoms with Crippen molar-refractivity contribution >= 4 is 22.1 Å². The summed E-state index contributed by atoms with van der Waals surface area (Å²) in [6.07, 6.45) is 1.49. The summed E-state index contributed by atoms with van der Waals surface area (Å²) < 4.78 is 6.19. The molecular weight excluding hydrogens is 637 g/mol. The van der Waals surface area contributed by atoms with Crippen molar-refractivity contribution in [2.24, 2.45) is 0 Å². The number of hydrogen-bond donors (Lipinski definition) is 2. The second-order valence-electron chi connectivity index (χ2n) is 15.6. The molecule has 0 aliphatic carbocycles. The summed E-state index contributed by atoms with van der Waals surface area (Å²) in [6, 6.07) is 36.5. The van der Waals surface area contributed by atoms with Crippen LogP contribution in [-0.4, -0.2) is 27.0 Å². The highest BCUT2D eigenvalue weighted by Crippen LogP contribution is 2.40. The van der Waals surface area contributed by atoms with E-state index >= 15 is 0 Å². The van der Waals surface area contributed by atoms with Crippen LogP contribution in [0.5, 0.6) is 5.75 Å². The lowest BCUT2D eigenvalue weighted by Crippen LogP contribution is -2.15. The van der Waals surface area contributed by atoms with Gasteiger partial charge < -0.3 is 14.7 Å². The highest BCUT2D eigenvalue weighted by atomic mass is 16.5. The van der Waals surface area contributed by atoms with Crippen LogP contribution in [0.3, 0.4) is 0 Å². The molecule has 0 saturated heterocycles. The van der Waals surface area contributed by atoms with Gasteiger partial charge in [-0.05, 0) is 61.4 Å². The molecule has 5 heterocycles. The zero-order valence-corrected chi connectivity index (χ0v) is 31.0. The third kappa shape index (κ3) is 6.20. The van der Waals surface area contributed by atoms with E-state index in [0.29, 0.717) is 0 Å². The normalized spacial score (nSPS) is 14.4. The summed E-state index contributed by atoms with van der Waals surface area (Å²) in [4.78, 5) is 18.3. The van der Waals surface area contributed by atoms with Crippen molar-refractivity contribution in [3.63, 3.8) is 0 Å². The van der Waals surface area contributed by atoms with Crippen LogP contribution in [0, 0.1) is 25.7 Å². The molecule has 52 heavy (non-hydrogen) atoms. The molecule has 3 aromatic carbocycles. The number of rotatable bonds is 3. The van der Waals surface area contributed by atoms with Crippen LogP contribution in [-0.2, 0) is 23.7 Å². The molecule has 0 unspecified atom stereocenters. The van der Waals surface area contributed by atoms with Crippen molar-refractivity contribution in [2.45, 2.75) is 65.2 Å². The standard InChI is InChI=1S/C47H44N4O/c1-29-13-18-32(19-14-29)35-23-37-34(22-17-31-11-9-8-10-12-31)41-27-46(3,4)43(50-41)26-39-36(33-20-15-30(2)16-21-33)24-40(49-39)45(52-7)42-28-47(5,6)44(51-42)25-38(35)48-37/h8-16,18-21,23-26,48-49H,27-28H2,1-7H3. The predicted octanol–water partition coefficient (Wildman–Crippen LogP) is 10.7. The molecule has 0 radical (unpaired) electrons. The number of hydrogen-bond acceptors (Lipinski definition) is 3. The SMILES string of the molecule is COc1c2nc(cc3[nH]c(cc3-c3ccc(C)cc3)c(C#Cc3ccccc3)c3nc(cc4[nH]c1cc4-c1ccc(C)cc1)C(C)(C)C3)C(C)(C)C2. The van der Waals surface area contributed by atoms with E-state index in [-0.39, 0.29) is 10.8 Å². The van der Waals surface area contributed by atoms with E-state index in [4.69, 9.17) is 14.7 Å². The summed E-state index contributed by atoms with van der Waals surface area (Å²) in [5.74, 6) is 7.82. The Bertz CT molecular complexity index is 2560. The summed E-state index contributed by atoms with van der Waals surface area (Å²) >= 11 is 0. The minimum absolute atomic E-state index is 0.229. The molecule has 6 aromatic rings. The summed E-state index contributed by atoms with van der Waals surface area (Å²) in [7, 11) is 1.74. The van der Waals surface area contributed by atoms with Gasteiger partial charge in [-0.15, -0.1) is 0 Å². The van der Waals surface area contributed by atoms with E-state index < -0.39 is 0 Å². The van der Waals surface area contributed by atoms with Crippen molar-refractivity contribution in [2.75, 3.05) is 7.11 Å². The molecule has 2 aliphatic heterocycles. The molecule has 258 valence electrons. The number of methoxy groups -OCH3 is 1. The number of ether oxygens (including phenoxy) is 1. The van der Waals surface area contributed by atoms with Crippen LogP contribution in [0.25, 0.3) is 44.3 Å². The zero-order valence-electron chi connectivity index (χ0n) is 31.0. The zero-order chi connectivity index (χ0) is 36.2. The Morgan fingerprint density at radius 2 is 1.08 bits per heavy atom. The maximum absolute atomic E-state index is 6.19. The third-order valence-corrected chi connectivity index (χ3v) is 10.5. The van der Waals surface area contributed by atoms with Crippen molar-refractivity contribution in [3.8, 4) is 39.8 Å². The van der Waals surface area contributed by atoms with Crippen LogP contribution < -0.4 is 4.74 Å². The molecule has 5 heteroatoms. The topological polar surface area (TPSA) is 66.6 Å². The Kier molecular flexibility index (Phi) is 8.15. The minimum atomic E-state index is -0.239. The largest absolute Gasteiger partial charge is 0.493 e. The molecule has 0 fully saturated rings. The Hall–Kier alpha value is -5.86. The number of H-pyrrole nitrogens is 2. The van der Waals surface area contributed by atoms with E-state index in [1.165, 1.54) is 11.1 Å². The van der Waals surface area contributed by atoms with Gasteiger partial charge in [0, 0.05) is 62.8 Å². The molecule has 0 atom stereocenters. The van der Waals surface area contributed by atoms with Crippen LogP contribution >= 0.6 is 0 Å². The van der Waals surface area contributed by atoms with Gasteiger partial charge in [0.1, 0.15) is 0 Å². The molecule has 2 aliphatic rings. The second-order valence-corrected chi connectivity index (χ2v) is 15.6. The Morgan fingerprint density at radius 1 is 0.577 bits per heavy atom. The number of benzene rings is 3. The van der Waals surface area contributed by atoms with Gasteiger partial charge in [0.25, 0.3) is 0 Å². The fourth-order valence-electron chi connectivity index (χ4n) is 7.40. The van der Waals surface area contributed by atoms with E-state index in [1.807, 2.05) is 18.2 Å². The predicted molar refractivity (Wildman–Crippen MR) is 214 cm³/mol. The number of aromatic nitrogens is 4. The molecule has 0 spiro atoms. The fraction of sp³-hybridized carbons (Fsp3) is 0.234. The molecule has 8 rings (SSSR count). The lowest BCUT2D eigenvalue weighted by atomic mass is 9.86. The minimum Gasteiger partial charge on any atom is -0.493 e. The Balaban J connectivity index is 1.53. The average molecular weight is 681 g/mol. The van der Waals surface area contributed by atoms with Gasteiger partial charge in [0.2, 0.25) is 0 Å². The molecule has 2 N–H and O–H groups in total. The van der Waals surface area contributed by atoms with Crippen molar-refractivity contribution in [1.29, 1.82) is 0 Å².